The first-order valence-corrected chi connectivity index (χ1v) is 7.17. The molecule has 0 aliphatic heterocycles. The Morgan fingerprint density at radius 2 is 2.06 bits per heavy atom. The molecular weight excluding hydrogens is 278 g/mol. The summed E-state index contributed by atoms with van der Waals surface area (Å²) in [6.07, 6.45) is 0.130. The second kappa shape index (κ2) is 6.17. The summed E-state index contributed by atoms with van der Waals surface area (Å²) >= 11 is 5.81. The van der Waals surface area contributed by atoms with Crippen LogP contribution in [-0.4, -0.2) is 25.5 Å². The van der Waals surface area contributed by atoms with Crippen molar-refractivity contribution in [1.82, 2.24) is 4.72 Å². The van der Waals surface area contributed by atoms with E-state index in [1.807, 2.05) is 0 Å². The van der Waals surface area contributed by atoms with Gasteiger partial charge in [0.15, 0.2) is 0 Å². The van der Waals surface area contributed by atoms with Gasteiger partial charge in [-0.25, -0.2) is 13.1 Å². The number of carboxylic acid groups (broad SMARTS) is 1. The molecule has 0 fully saturated rings. The average molecular weight is 292 g/mol. The standard InChI is InChI=1S/C11H14ClNO4S/c1-8(6-7-11(14)15)13-18(16,17)10-5-3-2-4-9(10)12/h2-5,8,13H,6-7H2,1H3,(H,14,15). The largest absolute Gasteiger partial charge is 0.481 e. The number of sulfonamides is 1. The molecule has 1 aromatic carbocycles. The molecule has 0 saturated heterocycles. The Morgan fingerprint density at radius 1 is 1.44 bits per heavy atom. The highest BCUT2D eigenvalue weighted by Gasteiger charge is 2.20. The van der Waals surface area contributed by atoms with E-state index in [9.17, 15) is 13.2 Å². The van der Waals surface area contributed by atoms with Gasteiger partial charge >= 0.3 is 5.97 Å². The molecule has 0 spiro atoms. The quantitative estimate of drug-likeness (QED) is 0.838. The van der Waals surface area contributed by atoms with Crippen LogP contribution in [0.25, 0.3) is 0 Å². The summed E-state index contributed by atoms with van der Waals surface area (Å²) in [4.78, 5) is 10.4. The summed E-state index contributed by atoms with van der Waals surface area (Å²) in [5.74, 6) is -0.959. The van der Waals surface area contributed by atoms with E-state index in [1.165, 1.54) is 12.1 Å². The monoisotopic (exact) mass is 291 g/mol. The van der Waals surface area contributed by atoms with E-state index < -0.39 is 22.0 Å². The lowest BCUT2D eigenvalue weighted by atomic mass is 10.2. The molecule has 5 nitrogen and oxygen atoms in total. The minimum Gasteiger partial charge on any atom is -0.481 e. The van der Waals surface area contributed by atoms with Crippen LogP contribution in [0.15, 0.2) is 29.2 Å². The van der Waals surface area contributed by atoms with Crippen molar-refractivity contribution in [3.05, 3.63) is 29.3 Å². The van der Waals surface area contributed by atoms with E-state index in [1.54, 1.807) is 19.1 Å². The van der Waals surface area contributed by atoms with Crippen molar-refractivity contribution in [3.63, 3.8) is 0 Å². The summed E-state index contributed by atoms with van der Waals surface area (Å²) < 4.78 is 26.3. The van der Waals surface area contributed by atoms with Gasteiger partial charge in [0.25, 0.3) is 0 Å². The summed E-state index contributed by atoms with van der Waals surface area (Å²) in [6.45, 7) is 1.61. The third-order valence-corrected chi connectivity index (χ3v) is 4.36. The van der Waals surface area contributed by atoms with Crippen LogP contribution < -0.4 is 4.72 Å². The topological polar surface area (TPSA) is 83.5 Å². The molecule has 1 atom stereocenters. The maximum atomic E-state index is 12.0. The Balaban J connectivity index is 2.77. The van der Waals surface area contributed by atoms with Crippen LogP contribution in [0.1, 0.15) is 19.8 Å². The molecule has 0 heterocycles. The smallest absolute Gasteiger partial charge is 0.303 e. The molecule has 2 N–H and O–H groups in total. The Hall–Kier alpha value is -1.11. The molecule has 1 rings (SSSR count). The molecule has 100 valence electrons. The van der Waals surface area contributed by atoms with Gasteiger partial charge in [-0.05, 0) is 25.5 Å². The van der Waals surface area contributed by atoms with Gasteiger partial charge in [-0.1, -0.05) is 23.7 Å². The Morgan fingerprint density at radius 3 is 2.61 bits per heavy atom. The molecule has 0 aromatic heterocycles. The summed E-state index contributed by atoms with van der Waals surface area (Å²) in [6, 6.07) is 5.62. The fourth-order valence-electron chi connectivity index (χ4n) is 1.39. The van der Waals surface area contributed by atoms with Crippen molar-refractivity contribution in [2.24, 2.45) is 0 Å². The number of halogens is 1. The molecule has 0 saturated carbocycles. The minimum atomic E-state index is -3.71. The zero-order valence-corrected chi connectivity index (χ0v) is 11.3. The third kappa shape index (κ3) is 4.29. The second-order valence-corrected chi connectivity index (χ2v) is 5.97. The van der Waals surface area contributed by atoms with Crippen molar-refractivity contribution in [1.29, 1.82) is 0 Å². The number of benzene rings is 1. The predicted octanol–water partition coefficient (Wildman–Crippen LogP) is 1.87. The molecule has 1 aromatic rings. The number of aliphatic carboxylic acids is 1. The van der Waals surface area contributed by atoms with E-state index in [2.05, 4.69) is 4.72 Å². The number of hydrogen-bond acceptors (Lipinski definition) is 3. The number of rotatable bonds is 6. The maximum Gasteiger partial charge on any atom is 0.303 e. The number of hydrogen-bond donors (Lipinski definition) is 2. The van der Waals surface area contributed by atoms with Gasteiger partial charge in [0, 0.05) is 12.5 Å². The van der Waals surface area contributed by atoms with Crippen molar-refractivity contribution in [3.8, 4) is 0 Å². The van der Waals surface area contributed by atoms with E-state index in [4.69, 9.17) is 16.7 Å². The van der Waals surface area contributed by atoms with Crippen LogP contribution in [0.5, 0.6) is 0 Å². The molecule has 0 bridgehead atoms. The van der Waals surface area contributed by atoms with Crippen molar-refractivity contribution < 1.29 is 18.3 Å². The average Bonchev–Trinajstić information content (AvgIpc) is 2.26. The fourth-order valence-corrected chi connectivity index (χ4v) is 3.19. The zero-order valence-electron chi connectivity index (χ0n) is 9.76. The SMILES string of the molecule is CC(CCC(=O)O)NS(=O)(=O)c1ccccc1Cl. The molecule has 0 amide bonds. The van der Waals surface area contributed by atoms with Gasteiger partial charge in [0.2, 0.25) is 10.0 Å². The normalized spacial score (nSPS) is 13.2. The van der Waals surface area contributed by atoms with Crippen LogP contribution in [0.3, 0.4) is 0 Å². The fraction of sp³-hybridized carbons (Fsp3) is 0.364. The summed E-state index contributed by atoms with van der Waals surface area (Å²) in [7, 11) is -3.71. The van der Waals surface area contributed by atoms with Gasteiger partial charge in [0.1, 0.15) is 4.90 Å². The van der Waals surface area contributed by atoms with Crippen molar-refractivity contribution in [2.45, 2.75) is 30.7 Å². The van der Waals surface area contributed by atoms with Crippen LogP contribution in [0.2, 0.25) is 5.02 Å². The van der Waals surface area contributed by atoms with Crippen molar-refractivity contribution in [2.75, 3.05) is 0 Å². The Kier molecular flexibility index (Phi) is 5.13. The molecule has 0 aliphatic carbocycles. The first-order chi connectivity index (χ1) is 8.33. The number of carbonyl (C=O) groups is 1. The minimum absolute atomic E-state index is 0.00570. The van der Waals surface area contributed by atoms with Crippen LogP contribution in [0, 0.1) is 0 Å². The molecule has 18 heavy (non-hydrogen) atoms. The van der Waals surface area contributed by atoms with Crippen molar-refractivity contribution >= 4 is 27.6 Å². The molecular formula is C11H14ClNO4S. The van der Waals surface area contributed by atoms with E-state index in [-0.39, 0.29) is 22.8 Å². The van der Waals surface area contributed by atoms with Gasteiger partial charge in [-0.15, -0.1) is 0 Å². The lowest BCUT2D eigenvalue weighted by Crippen LogP contribution is -2.33. The van der Waals surface area contributed by atoms with Gasteiger partial charge in [-0.3, -0.25) is 4.79 Å². The highest BCUT2D eigenvalue weighted by atomic mass is 35.5. The van der Waals surface area contributed by atoms with Crippen LogP contribution in [0.4, 0.5) is 0 Å². The summed E-state index contributed by atoms with van der Waals surface area (Å²) in [5.41, 5.74) is 0. The van der Waals surface area contributed by atoms with Gasteiger partial charge in [-0.2, -0.15) is 0 Å². The molecule has 7 heteroatoms. The Bertz CT molecular complexity index is 530. The summed E-state index contributed by atoms with van der Waals surface area (Å²) in [5, 5.41) is 8.66. The van der Waals surface area contributed by atoms with E-state index in [0.717, 1.165) is 0 Å². The third-order valence-electron chi connectivity index (χ3n) is 2.27. The highest BCUT2D eigenvalue weighted by Crippen LogP contribution is 2.20. The van der Waals surface area contributed by atoms with Gasteiger partial charge < -0.3 is 5.11 Å². The van der Waals surface area contributed by atoms with E-state index in [0.29, 0.717) is 0 Å². The van der Waals surface area contributed by atoms with Crippen LogP contribution in [-0.2, 0) is 14.8 Å². The van der Waals surface area contributed by atoms with Crippen LogP contribution >= 0.6 is 11.6 Å². The van der Waals surface area contributed by atoms with Gasteiger partial charge in [0.05, 0.1) is 5.02 Å². The first-order valence-electron chi connectivity index (χ1n) is 5.31. The maximum absolute atomic E-state index is 12.0. The Labute approximate surface area is 111 Å². The molecule has 0 radical (unpaired) electrons. The number of carboxylic acids is 1. The molecule has 1 unspecified atom stereocenters. The second-order valence-electron chi connectivity index (χ2n) is 3.89. The lowest BCUT2D eigenvalue weighted by molar-refractivity contribution is -0.137. The highest BCUT2D eigenvalue weighted by molar-refractivity contribution is 7.89. The first kappa shape index (κ1) is 14.9. The predicted molar refractivity (Wildman–Crippen MR) is 68.1 cm³/mol. The zero-order chi connectivity index (χ0) is 13.8. The lowest BCUT2D eigenvalue weighted by Gasteiger charge is -2.13. The van der Waals surface area contributed by atoms with E-state index >= 15 is 0 Å². The molecule has 0 aliphatic rings. The number of nitrogens with one attached hydrogen (secondary N) is 1.